The van der Waals surface area contributed by atoms with Gasteiger partial charge < -0.3 is 15.6 Å². The lowest BCUT2D eigenvalue weighted by Gasteiger charge is -2.36. The highest BCUT2D eigenvalue weighted by Crippen LogP contribution is 2.28. The van der Waals surface area contributed by atoms with E-state index in [0.29, 0.717) is 13.2 Å². The summed E-state index contributed by atoms with van der Waals surface area (Å²) in [6.07, 6.45) is -4.45. The van der Waals surface area contributed by atoms with Crippen LogP contribution in [0.5, 0.6) is 0 Å². The fourth-order valence-corrected chi connectivity index (χ4v) is 1.90. The molecule has 0 spiro atoms. The van der Waals surface area contributed by atoms with E-state index < -0.39 is 23.1 Å². The predicted molar refractivity (Wildman–Crippen MR) is 59.6 cm³/mol. The largest absolute Gasteiger partial charge is 0.399 e. The average Bonchev–Trinajstić information content (AvgIpc) is 2.24. The van der Waals surface area contributed by atoms with Crippen LogP contribution in [0.3, 0.4) is 0 Å². The maximum absolute atomic E-state index is 12.7. The molecule has 0 aliphatic carbocycles. The van der Waals surface area contributed by atoms with Gasteiger partial charge in [0, 0.05) is 13.1 Å². The van der Waals surface area contributed by atoms with Gasteiger partial charge >= 0.3 is 6.18 Å². The Balaban J connectivity index is 2.68. The predicted octanol–water partition coefficient (Wildman–Crippen LogP) is 0.144. The third-order valence-electron chi connectivity index (χ3n) is 2.72. The topological polar surface area (TPSA) is 58.7 Å². The lowest BCUT2D eigenvalue weighted by molar-refractivity contribution is -0.164. The third kappa shape index (κ3) is 4.06. The molecule has 17 heavy (non-hydrogen) atoms. The molecule has 1 saturated heterocycles. The van der Waals surface area contributed by atoms with Gasteiger partial charge in [-0.2, -0.15) is 13.2 Å². The van der Waals surface area contributed by atoms with Crippen molar-refractivity contribution in [2.24, 2.45) is 11.7 Å². The smallest absolute Gasteiger partial charge is 0.395 e. The Bertz CT molecular complexity index is 275. The number of aliphatic hydroxyl groups excluding tert-OH is 1. The first-order valence-corrected chi connectivity index (χ1v) is 5.55. The zero-order valence-electron chi connectivity index (χ0n) is 9.11. The second kappa shape index (κ2) is 5.94. The Morgan fingerprint density at radius 2 is 2.24 bits per heavy atom. The fourth-order valence-electron chi connectivity index (χ4n) is 1.69. The summed E-state index contributed by atoms with van der Waals surface area (Å²) in [7, 11) is 0. The van der Waals surface area contributed by atoms with Gasteiger partial charge in [-0.25, -0.2) is 0 Å². The van der Waals surface area contributed by atoms with Gasteiger partial charge in [-0.15, -0.1) is 0 Å². The van der Waals surface area contributed by atoms with Crippen molar-refractivity contribution in [3.05, 3.63) is 0 Å². The number of nitrogens with two attached hydrogens (primary N) is 1. The van der Waals surface area contributed by atoms with E-state index in [1.165, 1.54) is 4.90 Å². The Kier molecular flexibility index (Phi) is 5.11. The molecule has 1 fully saturated rings. The first-order chi connectivity index (χ1) is 7.86. The summed E-state index contributed by atoms with van der Waals surface area (Å²) in [4.78, 5) is 0.946. The van der Waals surface area contributed by atoms with Gasteiger partial charge in [-0.1, -0.05) is 12.2 Å². The number of halogens is 3. The highest BCUT2D eigenvalue weighted by molar-refractivity contribution is 7.80. The van der Waals surface area contributed by atoms with Crippen LogP contribution in [-0.2, 0) is 4.74 Å². The Morgan fingerprint density at radius 3 is 2.71 bits per heavy atom. The number of aliphatic hydroxyl groups is 1. The fraction of sp³-hybridized carbons (Fsp3) is 0.889. The number of hydrogen-bond acceptors (Lipinski definition) is 4. The molecular weight excluding hydrogens is 257 g/mol. The molecule has 0 bridgehead atoms. The highest BCUT2D eigenvalue weighted by atomic mass is 32.1. The van der Waals surface area contributed by atoms with Crippen molar-refractivity contribution >= 4 is 17.2 Å². The van der Waals surface area contributed by atoms with Gasteiger partial charge in [0.25, 0.3) is 0 Å². The van der Waals surface area contributed by atoms with Gasteiger partial charge in [-0.05, 0) is 0 Å². The summed E-state index contributed by atoms with van der Waals surface area (Å²) < 4.78 is 43.1. The Labute approximate surface area is 103 Å². The molecule has 0 aromatic heterocycles. The summed E-state index contributed by atoms with van der Waals surface area (Å²) >= 11 is 4.45. The summed E-state index contributed by atoms with van der Waals surface area (Å²) in [5.74, 6) is -1.84. The molecule has 4 nitrogen and oxygen atoms in total. The van der Waals surface area contributed by atoms with Crippen LogP contribution in [0.25, 0.3) is 0 Å². The van der Waals surface area contributed by atoms with E-state index in [1.54, 1.807) is 0 Å². The zero-order chi connectivity index (χ0) is 13.1. The van der Waals surface area contributed by atoms with Crippen molar-refractivity contribution < 1.29 is 23.0 Å². The van der Waals surface area contributed by atoms with Gasteiger partial charge in [0.15, 0.2) is 0 Å². The molecule has 0 aromatic carbocycles. The van der Waals surface area contributed by atoms with E-state index >= 15 is 0 Å². The van der Waals surface area contributed by atoms with Crippen LogP contribution >= 0.6 is 12.2 Å². The molecule has 100 valence electrons. The van der Waals surface area contributed by atoms with Crippen LogP contribution in [0.1, 0.15) is 0 Å². The van der Waals surface area contributed by atoms with E-state index in [2.05, 4.69) is 12.2 Å². The van der Waals surface area contributed by atoms with Crippen molar-refractivity contribution in [3.8, 4) is 0 Å². The molecule has 3 N–H and O–H groups in total. The van der Waals surface area contributed by atoms with Crippen LogP contribution in [0, 0.1) is 5.92 Å². The first kappa shape index (κ1) is 14.6. The van der Waals surface area contributed by atoms with Crippen molar-refractivity contribution in [2.75, 3.05) is 32.9 Å². The summed E-state index contributed by atoms with van der Waals surface area (Å²) in [6, 6.07) is -0.428. The quantitative estimate of drug-likeness (QED) is 0.713. The molecule has 1 heterocycles. The molecule has 2 unspecified atom stereocenters. The number of nitrogens with zero attached hydrogens (tertiary/aromatic N) is 1. The number of rotatable bonds is 4. The lowest BCUT2D eigenvalue weighted by atomic mass is 10.1. The number of thiocarbonyl (C=S) groups is 1. The minimum Gasteiger partial charge on any atom is -0.395 e. The van der Waals surface area contributed by atoms with E-state index in [1.807, 2.05) is 0 Å². The molecule has 1 aliphatic rings. The van der Waals surface area contributed by atoms with E-state index in [0.717, 1.165) is 0 Å². The maximum atomic E-state index is 12.7. The van der Waals surface area contributed by atoms with Crippen molar-refractivity contribution in [1.29, 1.82) is 0 Å². The molecule has 0 radical (unpaired) electrons. The summed E-state index contributed by atoms with van der Waals surface area (Å²) in [6.45, 7) is 0.326. The van der Waals surface area contributed by atoms with Gasteiger partial charge in [-0.3, -0.25) is 4.90 Å². The standard InChI is InChI=1S/C9H15F3N2O2S/c10-9(11,12)7(8(13)17)3-14-1-2-16-5-6(14)4-15/h6-7,15H,1-5H2,(H2,13,17). The van der Waals surface area contributed by atoms with Crippen LogP contribution in [-0.4, -0.2) is 60.1 Å². The van der Waals surface area contributed by atoms with E-state index in [-0.39, 0.29) is 19.8 Å². The van der Waals surface area contributed by atoms with Crippen LogP contribution in [0.15, 0.2) is 0 Å². The third-order valence-corrected chi connectivity index (χ3v) is 3.00. The number of morpholine rings is 1. The zero-order valence-corrected chi connectivity index (χ0v) is 9.93. The van der Waals surface area contributed by atoms with Crippen LogP contribution in [0.2, 0.25) is 0 Å². The Morgan fingerprint density at radius 1 is 1.59 bits per heavy atom. The minimum absolute atomic E-state index is 0.221. The number of ether oxygens (including phenoxy) is 1. The second-order valence-corrected chi connectivity index (χ2v) is 4.37. The normalized spacial score (nSPS) is 24.6. The van der Waals surface area contributed by atoms with Crippen LogP contribution < -0.4 is 5.73 Å². The first-order valence-electron chi connectivity index (χ1n) is 5.15. The molecule has 1 rings (SSSR count). The van der Waals surface area contributed by atoms with Gasteiger partial charge in [0.2, 0.25) is 0 Å². The average molecular weight is 272 g/mol. The van der Waals surface area contributed by atoms with Crippen molar-refractivity contribution in [3.63, 3.8) is 0 Å². The Hall–Kier alpha value is -0.440. The van der Waals surface area contributed by atoms with Gasteiger partial charge in [0.1, 0.15) is 5.92 Å². The number of alkyl halides is 3. The molecule has 0 aromatic rings. The molecule has 1 aliphatic heterocycles. The van der Waals surface area contributed by atoms with Gasteiger partial charge in [0.05, 0.1) is 30.9 Å². The van der Waals surface area contributed by atoms with Crippen molar-refractivity contribution in [1.82, 2.24) is 4.90 Å². The summed E-state index contributed by atoms with van der Waals surface area (Å²) in [5, 5.41) is 9.05. The molecule has 2 atom stereocenters. The van der Waals surface area contributed by atoms with E-state index in [9.17, 15) is 13.2 Å². The monoisotopic (exact) mass is 272 g/mol. The minimum atomic E-state index is -4.45. The lowest BCUT2D eigenvalue weighted by Crippen LogP contribution is -2.53. The number of hydrogen-bond donors (Lipinski definition) is 2. The highest BCUT2D eigenvalue weighted by Gasteiger charge is 2.43. The van der Waals surface area contributed by atoms with Crippen LogP contribution in [0.4, 0.5) is 13.2 Å². The second-order valence-electron chi connectivity index (χ2n) is 3.90. The summed E-state index contributed by atoms with van der Waals surface area (Å²) in [5.41, 5.74) is 5.12. The molecule has 0 saturated carbocycles. The maximum Gasteiger partial charge on any atom is 0.399 e. The van der Waals surface area contributed by atoms with E-state index in [4.69, 9.17) is 15.6 Å². The SMILES string of the molecule is NC(=S)C(CN1CCOCC1CO)C(F)(F)F. The molecular formula is C9H15F3N2O2S. The van der Waals surface area contributed by atoms with Crippen molar-refractivity contribution in [2.45, 2.75) is 12.2 Å². The molecule has 8 heteroatoms. The molecule has 0 amide bonds.